The van der Waals surface area contributed by atoms with Crippen LogP contribution in [0.25, 0.3) is 0 Å². The molecule has 0 spiro atoms. The molecule has 4 N–H and O–H groups in total. The zero-order valence-electron chi connectivity index (χ0n) is 12.1. The van der Waals surface area contributed by atoms with Crippen molar-refractivity contribution in [1.29, 1.82) is 0 Å². The first-order valence-corrected chi connectivity index (χ1v) is 6.86. The molecule has 0 aliphatic heterocycles. The second-order valence-electron chi connectivity index (χ2n) is 5.09. The second-order valence-corrected chi connectivity index (χ2v) is 5.09. The summed E-state index contributed by atoms with van der Waals surface area (Å²) in [6.07, 6.45) is 0.396. The predicted molar refractivity (Wildman–Crippen MR) is 78.8 cm³/mol. The molecule has 0 heterocycles. The lowest BCUT2D eigenvalue weighted by molar-refractivity contribution is -0.129. The number of carbonyl (C=O) groups is 2. The van der Waals surface area contributed by atoms with E-state index in [-0.39, 0.29) is 17.7 Å². The Morgan fingerprint density at radius 1 is 1.20 bits per heavy atom. The van der Waals surface area contributed by atoms with Crippen LogP contribution < -0.4 is 16.4 Å². The molecular formula is C15H23N3O2. The van der Waals surface area contributed by atoms with E-state index in [0.717, 1.165) is 5.56 Å². The van der Waals surface area contributed by atoms with E-state index in [1.54, 1.807) is 0 Å². The summed E-state index contributed by atoms with van der Waals surface area (Å²) < 4.78 is 0. The molecule has 5 heteroatoms. The quantitative estimate of drug-likeness (QED) is 0.694. The average Bonchev–Trinajstić information content (AvgIpc) is 2.42. The van der Waals surface area contributed by atoms with Crippen LogP contribution in [-0.2, 0) is 9.59 Å². The first-order chi connectivity index (χ1) is 9.54. The molecule has 110 valence electrons. The average molecular weight is 277 g/mol. The van der Waals surface area contributed by atoms with Crippen LogP contribution in [-0.4, -0.2) is 24.9 Å². The molecule has 0 radical (unpaired) electrons. The van der Waals surface area contributed by atoms with Crippen molar-refractivity contribution in [3.05, 3.63) is 35.9 Å². The fraction of sp³-hybridized carbons (Fsp3) is 0.467. The van der Waals surface area contributed by atoms with Gasteiger partial charge in [-0.15, -0.1) is 0 Å². The number of hydrogen-bond donors (Lipinski definition) is 3. The highest BCUT2D eigenvalue weighted by atomic mass is 16.2. The van der Waals surface area contributed by atoms with Gasteiger partial charge in [0.2, 0.25) is 11.8 Å². The highest BCUT2D eigenvalue weighted by molar-refractivity contribution is 5.88. The predicted octanol–water partition coefficient (Wildman–Crippen LogP) is 0.965. The van der Waals surface area contributed by atoms with Crippen molar-refractivity contribution >= 4 is 11.8 Å². The number of carbonyl (C=O) groups excluding carboxylic acids is 2. The van der Waals surface area contributed by atoms with E-state index in [2.05, 4.69) is 10.6 Å². The van der Waals surface area contributed by atoms with Crippen molar-refractivity contribution in [3.8, 4) is 0 Å². The molecule has 1 rings (SSSR count). The van der Waals surface area contributed by atoms with Crippen molar-refractivity contribution < 1.29 is 9.59 Å². The Kier molecular flexibility index (Phi) is 6.73. The largest absolute Gasteiger partial charge is 0.353 e. The summed E-state index contributed by atoms with van der Waals surface area (Å²) in [4.78, 5) is 24.0. The van der Waals surface area contributed by atoms with E-state index in [0.29, 0.717) is 19.5 Å². The first-order valence-electron chi connectivity index (χ1n) is 6.86. The number of hydrogen-bond acceptors (Lipinski definition) is 3. The molecule has 1 unspecified atom stereocenters. The Bertz CT molecular complexity index is 432. The van der Waals surface area contributed by atoms with Crippen molar-refractivity contribution in [2.24, 2.45) is 11.7 Å². The van der Waals surface area contributed by atoms with E-state index in [9.17, 15) is 9.59 Å². The molecule has 0 aromatic heterocycles. The van der Waals surface area contributed by atoms with E-state index < -0.39 is 6.04 Å². The Morgan fingerprint density at radius 2 is 1.85 bits per heavy atom. The van der Waals surface area contributed by atoms with Gasteiger partial charge in [-0.3, -0.25) is 9.59 Å². The van der Waals surface area contributed by atoms with Crippen molar-refractivity contribution in [2.75, 3.05) is 13.1 Å². The molecule has 0 bridgehead atoms. The molecule has 0 aliphatic carbocycles. The summed E-state index contributed by atoms with van der Waals surface area (Å²) in [6.45, 7) is 4.69. The van der Waals surface area contributed by atoms with Gasteiger partial charge in [-0.25, -0.2) is 0 Å². The number of nitrogens with two attached hydrogens (primary N) is 1. The van der Waals surface area contributed by atoms with Crippen LogP contribution in [0.5, 0.6) is 0 Å². The molecule has 0 aliphatic rings. The van der Waals surface area contributed by atoms with Gasteiger partial charge >= 0.3 is 0 Å². The molecule has 2 amide bonds. The minimum atomic E-state index is -0.672. The van der Waals surface area contributed by atoms with Crippen LogP contribution in [0.2, 0.25) is 0 Å². The smallest absolute Gasteiger partial charge is 0.247 e. The van der Waals surface area contributed by atoms with Gasteiger partial charge in [-0.05, 0) is 11.5 Å². The maximum absolute atomic E-state index is 12.1. The molecule has 5 nitrogen and oxygen atoms in total. The maximum atomic E-state index is 12.1. The molecule has 20 heavy (non-hydrogen) atoms. The Labute approximate surface area is 119 Å². The lowest BCUT2D eigenvalue weighted by atomic mass is 10.0. The van der Waals surface area contributed by atoms with Crippen molar-refractivity contribution in [2.45, 2.75) is 26.3 Å². The van der Waals surface area contributed by atoms with Gasteiger partial charge in [0.25, 0.3) is 0 Å². The van der Waals surface area contributed by atoms with E-state index in [1.807, 2.05) is 44.2 Å². The fourth-order valence-electron chi connectivity index (χ4n) is 1.83. The molecule has 0 fully saturated rings. The van der Waals surface area contributed by atoms with Crippen LogP contribution >= 0.6 is 0 Å². The van der Waals surface area contributed by atoms with Crippen LogP contribution in [0.4, 0.5) is 0 Å². The van der Waals surface area contributed by atoms with Crippen molar-refractivity contribution in [3.63, 3.8) is 0 Å². The molecule has 0 saturated heterocycles. The van der Waals surface area contributed by atoms with E-state index in [1.165, 1.54) is 0 Å². The van der Waals surface area contributed by atoms with Gasteiger partial charge in [0, 0.05) is 19.5 Å². The first kappa shape index (κ1) is 16.2. The summed E-state index contributed by atoms with van der Waals surface area (Å²) in [5.74, 6) is -0.117. The molecular weight excluding hydrogens is 254 g/mol. The van der Waals surface area contributed by atoms with Gasteiger partial charge in [0.15, 0.2) is 0 Å². The van der Waals surface area contributed by atoms with Crippen molar-refractivity contribution in [1.82, 2.24) is 10.6 Å². The summed E-state index contributed by atoms with van der Waals surface area (Å²) >= 11 is 0. The Balaban J connectivity index is 2.79. The maximum Gasteiger partial charge on any atom is 0.247 e. The van der Waals surface area contributed by atoms with E-state index >= 15 is 0 Å². The van der Waals surface area contributed by atoms with Crippen LogP contribution in [0, 0.1) is 5.92 Å². The molecule has 1 atom stereocenters. The summed E-state index contributed by atoms with van der Waals surface area (Å²) in [7, 11) is 0. The summed E-state index contributed by atoms with van der Waals surface area (Å²) in [5.41, 5.74) is 6.14. The highest BCUT2D eigenvalue weighted by Gasteiger charge is 2.22. The Morgan fingerprint density at radius 3 is 2.40 bits per heavy atom. The third-order valence-corrected chi connectivity index (χ3v) is 2.74. The minimum Gasteiger partial charge on any atom is -0.353 e. The van der Waals surface area contributed by atoms with Crippen LogP contribution in [0.3, 0.4) is 0 Å². The van der Waals surface area contributed by atoms with Gasteiger partial charge in [-0.1, -0.05) is 44.2 Å². The highest BCUT2D eigenvalue weighted by Crippen LogP contribution is 2.13. The van der Waals surface area contributed by atoms with Crippen LogP contribution in [0.1, 0.15) is 31.9 Å². The second kappa shape index (κ2) is 8.32. The zero-order chi connectivity index (χ0) is 15.0. The summed E-state index contributed by atoms with van der Waals surface area (Å²) in [5, 5.41) is 5.49. The van der Waals surface area contributed by atoms with Gasteiger partial charge < -0.3 is 16.4 Å². The van der Waals surface area contributed by atoms with Gasteiger partial charge in [0.05, 0.1) is 0 Å². The molecule has 0 saturated carbocycles. The van der Waals surface area contributed by atoms with E-state index in [4.69, 9.17) is 5.73 Å². The fourth-order valence-corrected chi connectivity index (χ4v) is 1.83. The lowest BCUT2D eigenvalue weighted by Gasteiger charge is -2.19. The van der Waals surface area contributed by atoms with Crippen LogP contribution in [0.15, 0.2) is 30.3 Å². The van der Waals surface area contributed by atoms with Gasteiger partial charge in [0.1, 0.15) is 6.04 Å². The third-order valence-electron chi connectivity index (χ3n) is 2.74. The standard InChI is InChI=1S/C15H23N3O2/c1-11(2)10-13(19)18-14(15(20)17-9-8-16)12-6-4-3-5-7-12/h3-7,11,14H,8-10,16H2,1-2H3,(H,17,20)(H,18,19). The number of amides is 2. The SMILES string of the molecule is CC(C)CC(=O)NC(C(=O)NCCN)c1ccccc1. The minimum absolute atomic E-state index is 0.128. The molecule has 1 aromatic rings. The number of benzene rings is 1. The number of rotatable bonds is 7. The lowest BCUT2D eigenvalue weighted by Crippen LogP contribution is -2.42. The Hall–Kier alpha value is -1.88. The van der Waals surface area contributed by atoms with Gasteiger partial charge in [-0.2, -0.15) is 0 Å². The number of nitrogens with one attached hydrogen (secondary N) is 2. The molecule has 1 aromatic carbocycles. The monoisotopic (exact) mass is 277 g/mol. The normalized spacial score (nSPS) is 12.0. The third kappa shape index (κ3) is 5.40. The zero-order valence-corrected chi connectivity index (χ0v) is 12.1. The topological polar surface area (TPSA) is 84.2 Å². The summed E-state index contributed by atoms with van der Waals surface area (Å²) in [6, 6.07) is 8.52.